The molecule has 0 aliphatic carbocycles. The van der Waals surface area contributed by atoms with Gasteiger partial charge in [-0.05, 0) is 101 Å². The van der Waals surface area contributed by atoms with Gasteiger partial charge in [0.15, 0.2) is 48.4 Å². The number of aliphatic hydroxyl groups excluding tert-OH is 5. The minimum Gasteiger partial charge on any atom is -0.508 e. The van der Waals surface area contributed by atoms with Crippen LogP contribution >= 0.6 is 11.6 Å². The molecule has 106 heavy (non-hydrogen) atoms. The number of hydrogen-bond acceptors (Lipinski definition) is 26. The molecule has 34 heteroatoms. The van der Waals surface area contributed by atoms with Crippen LogP contribution in [0, 0.1) is 0 Å². The molecule has 9 aliphatic rings. The fraction of sp³-hybridized carbons (Fsp3) is 0.403. The lowest BCUT2D eigenvalue weighted by Crippen LogP contribution is -2.62. The molecule has 4 saturated heterocycles. The number of phenolic OH excluding ortho intramolecular Hbond substituents is 2. The Bertz CT molecular complexity index is 4330. The van der Waals surface area contributed by atoms with Crippen molar-refractivity contribution in [1.82, 2.24) is 31.9 Å². The van der Waals surface area contributed by atoms with E-state index in [1.807, 2.05) is 0 Å². The molecule has 15 rings (SSSR count). The van der Waals surface area contributed by atoms with Crippen LogP contribution in [0.15, 0.2) is 115 Å². The molecule has 6 aromatic rings. The summed E-state index contributed by atoms with van der Waals surface area (Å²) in [5.74, 6) is -10.8. The number of aromatic hydroxyl groups is 2. The highest BCUT2D eigenvalue weighted by atomic mass is 35.5. The molecule has 9 aliphatic heterocycles. The number of nitrogens with one attached hydrogen (secondary N) is 6. The van der Waals surface area contributed by atoms with E-state index in [0.717, 1.165) is 12.1 Å². The number of nitrogens with two attached hydrogens (primary N) is 2. The largest absolute Gasteiger partial charge is 0.508 e. The van der Waals surface area contributed by atoms with Crippen LogP contribution in [0.2, 0.25) is 5.02 Å². The van der Waals surface area contributed by atoms with Gasteiger partial charge in [0.1, 0.15) is 71.6 Å². The first-order valence-electron chi connectivity index (χ1n) is 33.9. The summed E-state index contributed by atoms with van der Waals surface area (Å²) >= 11 is 7.39. The fourth-order valence-electron chi connectivity index (χ4n) is 14.2. The van der Waals surface area contributed by atoms with Crippen molar-refractivity contribution in [1.29, 1.82) is 0 Å². The van der Waals surface area contributed by atoms with E-state index in [-0.39, 0.29) is 74.7 Å². The van der Waals surface area contributed by atoms with E-state index < -0.39 is 217 Å². The average Bonchev–Trinajstić information content (AvgIpc) is 0.901. The number of carbonyl (C=O) groups excluding carboxylic acids is 6. The van der Waals surface area contributed by atoms with Gasteiger partial charge in [0, 0.05) is 55.6 Å². The van der Waals surface area contributed by atoms with Crippen molar-refractivity contribution in [3.63, 3.8) is 0 Å². The number of alkyl carbamates (subject to hydrolysis) is 1. The van der Waals surface area contributed by atoms with Crippen molar-refractivity contribution in [3.8, 4) is 51.4 Å². The molecule has 0 aromatic heterocycles. The number of carbonyl (C=O) groups is 7. The van der Waals surface area contributed by atoms with E-state index >= 15 is 19.2 Å². The van der Waals surface area contributed by atoms with Gasteiger partial charge in [-0.3, -0.25) is 24.0 Å². The SMILES string of the molecule is COC1C(N)CC(O[C@@H]2c3ccc(c(Cl)c3)Oc3cc4cc(c3O[C@@H]3OC(CO)[C@@H](O)C(O)C3OC3CC(N)C(O)[C@H](C)O3)Oc3ccc(cc3)[C@H]3OC(=O)N[C@H]3C(=O)N[C@@H](Cc3ccccc3)C(=O)N[C@@H]4C(=O)N[C@@H]3C(=O)N[C@@H]2C(=O)N[C@H](C(=O)O)c2cc(O)cc(O)c2-c2cc3ccc2CO)O[C@H]1C. The van der Waals surface area contributed by atoms with Gasteiger partial charge in [-0.2, -0.15) is 0 Å². The molecule has 21 atom stereocenters. The summed E-state index contributed by atoms with van der Waals surface area (Å²) in [6.45, 7) is 1.44. The van der Waals surface area contributed by atoms with Crippen molar-refractivity contribution < 1.29 is 122 Å². The quantitative estimate of drug-likeness (QED) is 0.0829. The van der Waals surface area contributed by atoms with E-state index in [4.69, 9.17) is 70.4 Å². The van der Waals surface area contributed by atoms with Crippen LogP contribution in [0.5, 0.6) is 40.2 Å². The van der Waals surface area contributed by atoms with Gasteiger partial charge in [-0.1, -0.05) is 72.3 Å². The third-order valence-corrected chi connectivity index (χ3v) is 19.9. The van der Waals surface area contributed by atoms with Gasteiger partial charge in [0.05, 0.1) is 42.7 Å². The molecule has 4 fully saturated rings. The minimum atomic E-state index is -2.20. The average molecular weight is 1490 g/mol. The van der Waals surface area contributed by atoms with Gasteiger partial charge in [0.25, 0.3) is 0 Å². The number of amides is 6. The van der Waals surface area contributed by atoms with Crippen LogP contribution in [0.4, 0.5) is 4.79 Å². The van der Waals surface area contributed by atoms with Crippen molar-refractivity contribution in [3.05, 3.63) is 159 Å². The summed E-state index contributed by atoms with van der Waals surface area (Å²) in [6, 6.07) is 12.6. The summed E-state index contributed by atoms with van der Waals surface area (Å²) in [5.41, 5.74) is 12.2. The maximum absolute atomic E-state index is 16.4. The molecule has 33 nitrogen and oxygen atoms in total. The number of halogens is 1. The number of aliphatic carboxylic acids is 1. The van der Waals surface area contributed by atoms with Gasteiger partial charge in [0.2, 0.25) is 41.6 Å². The lowest BCUT2D eigenvalue weighted by Gasteiger charge is -2.44. The summed E-state index contributed by atoms with van der Waals surface area (Å²) in [6.07, 6.45) is -20.2. The first-order chi connectivity index (χ1) is 50.8. The Morgan fingerprint density at radius 3 is 1.97 bits per heavy atom. The Morgan fingerprint density at radius 2 is 1.28 bits per heavy atom. The van der Waals surface area contributed by atoms with Crippen LogP contribution < -0.4 is 57.6 Å². The third kappa shape index (κ3) is 15.2. The highest BCUT2D eigenvalue weighted by Crippen LogP contribution is 2.49. The second-order valence-corrected chi connectivity index (χ2v) is 27.1. The minimum absolute atomic E-state index is 0.0147. The lowest BCUT2D eigenvalue weighted by molar-refractivity contribution is -0.330. The van der Waals surface area contributed by atoms with Crippen LogP contribution in [-0.4, -0.2) is 194 Å². The van der Waals surface area contributed by atoms with Crippen LogP contribution in [0.3, 0.4) is 0 Å². The van der Waals surface area contributed by atoms with E-state index in [0.29, 0.717) is 5.56 Å². The van der Waals surface area contributed by atoms with Gasteiger partial charge >= 0.3 is 12.1 Å². The standard InChI is InChI=1S/C72H77ClN8O25/c1-28-57(86)41(74)24-49(98-28)104-64-59(88)58(87)48(27-83)102-71(64)105-63-46-20-35-21-47(63)101-45-16-13-33(19-40(45)73)62(103-50-25-42(75)60(97-3)29(2)99-50)55-69(93)79-54(70(94)95)39-22-36(84)23-44(85)51(39)38-18-32(9-10-34(38)26-82)52(66(90)80-55)78-67(91)53(35)77-65(89)43(17-30-7-5-4-6-8-30)76-68(92)56-61(106-72(96)81-56)31-11-14-37(100-46)15-12-31/h4-16,18-23,28-29,41-43,48-50,52-62,64,71,82-88H,17,24-27,74-75H2,1-3H3,(H,76,92)(H,77,89)(H,78,91)(H,79,93)(H,80,90)(H,81,96)(H,94,95)/t28-,29-,41?,42?,43-,48?,49?,50?,52-,53-,54-,55-,56+,57?,58+,59?,60?,61+,62+,64?,71-/m0/s1. The number of carboxylic acids is 1. The number of ether oxygens (including phenoxy) is 10. The smallest absolute Gasteiger partial charge is 0.408 e. The molecule has 11 bridgehead atoms. The first kappa shape index (κ1) is 74.5. The maximum atomic E-state index is 16.4. The first-order valence-corrected chi connectivity index (χ1v) is 34.3. The number of fused-ring (bicyclic) bond motifs is 13. The number of hydrogen-bond donors (Lipinski definition) is 16. The fourth-order valence-corrected chi connectivity index (χ4v) is 14.4. The van der Waals surface area contributed by atoms with Crippen molar-refractivity contribution in [2.24, 2.45) is 11.5 Å². The van der Waals surface area contributed by atoms with Gasteiger partial charge in [-0.25, -0.2) is 9.59 Å². The molecule has 0 spiro atoms. The molecule has 6 amide bonds. The van der Waals surface area contributed by atoms with Crippen molar-refractivity contribution >= 4 is 53.2 Å². The molecule has 9 unspecified atom stereocenters. The predicted octanol–water partition coefficient (Wildman–Crippen LogP) is 1.72. The Hall–Kier alpha value is -9.82. The van der Waals surface area contributed by atoms with E-state index in [1.165, 1.54) is 86.8 Å². The number of benzene rings is 6. The molecule has 0 saturated carbocycles. The van der Waals surface area contributed by atoms with Crippen molar-refractivity contribution in [2.75, 3.05) is 13.7 Å². The lowest BCUT2D eigenvalue weighted by atomic mass is 9.87. The molecule has 9 heterocycles. The number of carboxylic acid groups (broad SMARTS) is 1. The molecule has 6 aromatic carbocycles. The third-order valence-electron chi connectivity index (χ3n) is 19.6. The topological polar surface area (TPSA) is 498 Å². The van der Waals surface area contributed by atoms with Crippen LogP contribution in [-0.2, 0) is 75.0 Å². The molecule has 562 valence electrons. The van der Waals surface area contributed by atoms with E-state index in [9.17, 15) is 55.2 Å². The summed E-state index contributed by atoms with van der Waals surface area (Å²) < 4.78 is 63.3. The molecular formula is C72H77ClN8O25. The molecule has 0 radical (unpaired) electrons. The van der Waals surface area contributed by atoms with E-state index in [1.54, 1.807) is 37.3 Å². The second kappa shape index (κ2) is 30.9. The number of phenols is 2. The van der Waals surface area contributed by atoms with Gasteiger partial charge < -0.3 is 132 Å². The Kier molecular flexibility index (Phi) is 21.7. The highest BCUT2D eigenvalue weighted by molar-refractivity contribution is 6.32. The number of rotatable bonds is 12. The Labute approximate surface area is 608 Å². The van der Waals surface area contributed by atoms with Crippen LogP contribution in [0.1, 0.15) is 96.0 Å². The Morgan fingerprint density at radius 1 is 0.623 bits per heavy atom. The summed E-state index contributed by atoms with van der Waals surface area (Å²) in [5, 5.41) is 106. The number of aliphatic hydroxyl groups is 5. The molecular weight excluding hydrogens is 1410 g/mol. The number of methoxy groups -OCH3 is 1. The zero-order chi connectivity index (χ0) is 75.3. The zero-order valence-corrected chi connectivity index (χ0v) is 57.4. The monoisotopic (exact) mass is 1490 g/mol. The highest BCUT2D eigenvalue weighted by Gasteiger charge is 2.51. The predicted molar refractivity (Wildman–Crippen MR) is 364 cm³/mol. The van der Waals surface area contributed by atoms with Crippen molar-refractivity contribution in [2.45, 2.75) is 168 Å². The van der Waals surface area contributed by atoms with Crippen LogP contribution in [0.25, 0.3) is 11.1 Å². The van der Waals surface area contributed by atoms with Gasteiger partial charge in [-0.15, -0.1) is 0 Å². The second-order valence-electron chi connectivity index (χ2n) is 26.7. The summed E-state index contributed by atoms with van der Waals surface area (Å²) in [7, 11) is 1.42. The summed E-state index contributed by atoms with van der Waals surface area (Å²) in [4.78, 5) is 106. The van der Waals surface area contributed by atoms with E-state index in [2.05, 4.69) is 31.9 Å². The normalized spacial score (nSPS) is 31.7. The maximum Gasteiger partial charge on any atom is 0.408 e. The zero-order valence-electron chi connectivity index (χ0n) is 56.7. The Balaban J connectivity index is 1.06. The molecule has 18 N–H and O–H groups in total.